The molecule has 0 spiro atoms. The summed E-state index contributed by atoms with van der Waals surface area (Å²) in [6, 6.07) is 0.202. The Hall–Kier alpha value is -1.10. The highest BCUT2D eigenvalue weighted by molar-refractivity contribution is 5.87. The van der Waals surface area contributed by atoms with Crippen molar-refractivity contribution in [1.29, 1.82) is 0 Å². The van der Waals surface area contributed by atoms with E-state index in [4.69, 9.17) is 5.11 Å². The topological polar surface area (TPSA) is 78.4 Å². The van der Waals surface area contributed by atoms with E-state index in [-0.39, 0.29) is 18.5 Å². The predicted octanol–water partition coefficient (Wildman–Crippen LogP) is 0.354. The van der Waals surface area contributed by atoms with Gasteiger partial charge in [-0.1, -0.05) is 20.8 Å². The van der Waals surface area contributed by atoms with Crippen molar-refractivity contribution >= 4 is 11.9 Å². The van der Waals surface area contributed by atoms with Gasteiger partial charge in [0.1, 0.15) is 5.54 Å². The first-order chi connectivity index (χ1) is 6.81. The van der Waals surface area contributed by atoms with Crippen LogP contribution in [0, 0.1) is 0 Å². The summed E-state index contributed by atoms with van der Waals surface area (Å²) < 4.78 is 0. The largest absolute Gasteiger partial charge is 0.480 e. The van der Waals surface area contributed by atoms with Gasteiger partial charge in [0.2, 0.25) is 5.91 Å². The van der Waals surface area contributed by atoms with Crippen molar-refractivity contribution in [2.45, 2.75) is 45.7 Å². The van der Waals surface area contributed by atoms with Gasteiger partial charge in [0.15, 0.2) is 0 Å². The van der Waals surface area contributed by atoms with E-state index in [1.165, 1.54) is 6.92 Å². The Kier molecular flexibility index (Phi) is 5.28. The molecule has 5 heteroatoms. The van der Waals surface area contributed by atoms with E-state index in [9.17, 15) is 9.59 Å². The Labute approximate surface area is 90.2 Å². The molecule has 0 aliphatic carbocycles. The monoisotopic (exact) mass is 216 g/mol. The van der Waals surface area contributed by atoms with E-state index >= 15 is 0 Å². The molecule has 0 aromatic rings. The van der Waals surface area contributed by atoms with Crippen LogP contribution in [0.25, 0.3) is 0 Å². The minimum absolute atomic E-state index is 0.139. The average Bonchev–Trinajstić information content (AvgIpc) is 2.14. The van der Waals surface area contributed by atoms with Crippen LogP contribution in [0.1, 0.15) is 34.1 Å². The van der Waals surface area contributed by atoms with E-state index < -0.39 is 11.5 Å². The average molecular weight is 216 g/mol. The number of hydrogen-bond donors (Lipinski definition) is 3. The molecule has 0 aliphatic heterocycles. The zero-order valence-corrected chi connectivity index (χ0v) is 9.76. The van der Waals surface area contributed by atoms with Crippen LogP contribution in [0.5, 0.6) is 0 Å². The molecular weight excluding hydrogens is 196 g/mol. The second kappa shape index (κ2) is 5.70. The van der Waals surface area contributed by atoms with Gasteiger partial charge in [0.25, 0.3) is 0 Å². The van der Waals surface area contributed by atoms with Crippen LogP contribution in [0.3, 0.4) is 0 Å². The van der Waals surface area contributed by atoms with E-state index in [0.717, 1.165) is 0 Å². The Morgan fingerprint density at radius 1 is 1.40 bits per heavy atom. The van der Waals surface area contributed by atoms with E-state index in [1.54, 1.807) is 6.92 Å². The number of rotatable bonds is 6. The van der Waals surface area contributed by atoms with Crippen LogP contribution >= 0.6 is 0 Å². The van der Waals surface area contributed by atoms with E-state index in [0.29, 0.717) is 6.42 Å². The molecule has 0 rings (SSSR count). The standard InChI is InChI=1S/C10H20N2O3/c1-5-10(4,9(14)15)12-8(13)6-11-7(2)3/h7,11H,5-6H2,1-4H3,(H,12,13)(H,14,15). The molecule has 0 aromatic carbocycles. The smallest absolute Gasteiger partial charge is 0.329 e. The van der Waals surface area contributed by atoms with E-state index in [2.05, 4.69) is 10.6 Å². The van der Waals surface area contributed by atoms with Gasteiger partial charge in [0, 0.05) is 6.04 Å². The third-order valence-electron chi connectivity index (χ3n) is 2.27. The van der Waals surface area contributed by atoms with Crippen molar-refractivity contribution in [3.8, 4) is 0 Å². The fourth-order valence-corrected chi connectivity index (χ4v) is 0.942. The Morgan fingerprint density at radius 3 is 2.27 bits per heavy atom. The van der Waals surface area contributed by atoms with Crippen molar-refractivity contribution in [2.75, 3.05) is 6.54 Å². The van der Waals surface area contributed by atoms with Gasteiger partial charge in [-0.05, 0) is 13.3 Å². The first-order valence-electron chi connectivity index (χ1n) is 5.09. The lowest BCUT2D eigenvalue weighted by Gasteiger charge is -2.24. The maximum absolute atomic E-state index is 11.4. The zero-order valence-electron chi connectivity index (χ0n) is 9.76. The van der Waals surface area contributed by atoms with Crippen LogP contribution in [0.4, 0.5) is 0 Å². The minimum atomic E-state index is -1.17. The molecule has 0 aliphatic rings. The number of amides is 1. The predicted molar refractivity (Wildman–Crippen MR) is 57.6 cm³/mol. The first kappa shape index (κ1) is 13.9. The van der Waals surface area contributed by atoms with Gasteiger partial charge in [-0.2, -0.15) is 0 Å². The first-order valence-corrected chi connectivity index (χ1v) is 5.09. The van der Waals surface area contributed by atoms with Gasteiger partial charge in [-0.25, -0.2) is 4.79 Å². The third kappa shape index (κ3) is 4.78. The maximum Gasteiger partial charge on any atom is 0.329 e. The van der Waals surface area contributed by atoms with Crippen LogP contribution < -0.4 is 10.6 Å². The summed E-state index contributed by atoms with van der Waals surface area (Å²) in [4.78, 5) is 22.3. The van der Waals surface area contributed by atoms with Gasteiger partial charge < -0.3 is 15.7 Å². The van der Waals surface area contributed by atoms with Gasteiger partial charge in [0.05, 0.1) is 6.54 Å². The Morgan fingerprint density at radius 2 is 1.93 bits per heavy atom. The van der Waals surface area contributed by atoms with Crippen molar-refractivity contribution < 1.29 is 14.7 Å². The highest BCUT2D eigenvalue weighted by Gasteiger charge is 2.32. The summed E-state index contributed by atoms with van der Waals surface area (Å²) in [5, 5.41) is 14.3. The summed E-state index contributed by atoms with van der Waals surface area (Å²) >= 11 is 0. The molecule has 0 aromatic heterocycles. The molecule has 0 bridgehead atoms. The minimum Gasteiger partial charge on any atom is -0.480 e. The number of nitrogens with one attached hydrogen (secondary N) is 2. The molecule has 1 amide bonds. The van der Waals surface area contributed by atoms with Crippen molar-refractivity contribution in [3.05, 3.63) is 0 Å². The lowest BCUT2D eigenvalue weighted by atomic mass is 9.99. The molecule has 0 heterocycles. The van der Waals surface area contributed by atoms with Crippen molar-refractivity contribution in [2.24, 2.45) is 0 Å². The van der Waals surface area contributed by atoms with Gasteiger partial charge >= 0.3 is 5.97 Å². The molecule has 0 saturated heterocycles. The summed E-state index contributed by atoms with van der Waals surface area (Å²) in [5.74, 6) is -1.31. The quantitative estimate of drug-likeness (QED) is 0.599. The maximum atomic E-state index is 11.4. The van der Waals surface area contributed by atoms with Gasteiger partial charge in [-0.3, -0.25) is 4.79 Å². The molecule has 15 heavy (non-hydrogen) atoms. The summed E-state index contributed by atoms with van der Waals surface area (Å²) in [6.07, 6.45) is 0.357. The van der Waals surface area contributed by atoms with E-state index in [1.807, 2.05) is 13.8 Å². The number of carbonyl (C=O) groups excluding carboxylic acids is 1. The normalized spacial score (nSPS) is 14.7. The van der Waals surface area contributed by atoms with Crippen molar-refractivity contribution in [3.63, 3.8) is 0 Å². The van der Waals surface area contributed by atoms with Crippen LogP contribution in [0.15, 0.2) is 0 Å². The number of carbonyl (C=O) groups is 2. The lowest BCUT2D eigenvalue weighted by molar-refractivity contribution is -0.146. The molecule has 0 saturated carbocycles. The van der Waals surface area contributed by atoms with Crippen molar-refractivity contribution in [1.82, 2.24) is 10.6 Å². The highest BCUT2D eigenvalue weighted by Crippen LogP contribution is 2.08. The molecule has 88 valence electrons. The fourth-order valence-electron chi connectivity index (χ4n) is 0.942. The highest BCUT2D eigenvalue weighted by atomic mass is 16.4. The number of aliphatic carboxylic acids is 1. The zero-order chi connectivity index (χ0) is 12.1. The van der Waals surface area contributed by atoms with Crippen LogP contribution in [-0.4, -0.2) is 35.1 Å². The molecule has 3 N–H and O–H groups in total. The Balaban J connectivity index is 4.19. The second-order valence-corrected chi connectivity index (χ2v) is 4.07. The number of carboxylic acid groups (broad SMARTS) is 1. The number of hydrogen-bond acceptors (Lipinski definition) is 3. The lowest BCUT2D eigenvalue weighted by Crippen LogP contribution is -2.54. The van der Waals surface area contributed by atoms with Gasteiger partial charge in [-0.15, -0.1) is 0 Å². The Bertz CT molecular complexity index is 241. The molecular formula is C10H20N2O3. The molecule has 5 nitrogen and oxygen atoms in total. The summed E-state index contributed by atoms with van der Waals surface area (Å²) in [6.45, 7) is 7.21. The summed E-state index contributed by atoms with van der Waals surface area (Å²) in [5.41, 5.74) is -1.17. The second-order valence-electron chi connectivity index (χ2n) is 4.07. The molecule has 1 unspecified atom stereocenters. The fraction of sp³-hybridized carbons (Fsp3) is 0.800. The SMILES string of the molecule is CCC(C)(NC(=O)CNC(C)C)C(=O)O. The van der Waals surface area contributed by atoms with Crippen LogP contribution in [-0.2, 0) is 9.59 Å². The van der Waals surface area contributed by atoms with Crippen LogP contribution in [0.2, 0.25) is 0 Å². The molecule has 1 atom stereocenters. The third-order valence-corrected chi connectivity index (χ3v) is 2.27. The number of carboxylic acids is 1. The molecule has 0 radical (unpaired) electrons. The summed E-state index contributed by atoms with van der Waals surface area (Å²) in [7, 11) is 0. The molecule has 0 fully saturated rings.